The maximum atomic E-state index is 12.9. The Hall–Kier alpha value is -3.22. The van der Waals surface area contributed by atoms with Gasteiger partial charge < -0.3 is 24.8 Å². The lowest BCUT2D eigenvalue weighted by atomic mass is 10.0. The molecule has 0 bridgehead atoms. The minimum absolute atomic E-state index is 0.0554. The van der Waals surface area contributed by atoms with Crippen LogP contribution in [0.4, 0.5) is 4.79 Å². The molecule has 7 heteroatoms. The normalized spacial score (nSPS) is 13.0. The lowest BCUT2D eigenvalue weighted by Crippen LogP contribution is -2.37. The lowest BCUT2D eigenvalue weighted by molar-refractivity contribution is -0.122. The van der Waals surface area contributed by atoms with Crippen LogP contribution in [0.25, 0.3) is 0 Å². The van der Waals surface area contributed by atoms with Gasteiger partial charge in [0.2, 0.25) is 5.91 Å². The monoisotopic (exact) mass is 428 g/mol. The van der Waals surface area contributed by atoms with Gasteiger partial charge in [-0.15, -0.1) is 0 Å². The summed E-state index contributed by atoms with van der Waals surface area (Å²) in [4.78, 5) is 25.2. The Kier molecular flexibility index (Phi) is 8.30. The molecule has 2 amide bonds. The summed E-state index contributed by atoms with van der Waals surface area (Å²) in [5, 5.41) is 5.79. The van der Waals surface area contributed by atoms with Crippen molar-refractivity contribution in [2.75, 3.05) is 14.2 Å². The predicted octanol–water partition coefficient (Wildman–Crippen LogP) is 4.54. The van der Waals surface area contributed by atoms with Crippen LogP contribution in [0.1, 0.15) is 57.3 Å². The van der Waals surface area contributed by atoms with E-state index in [1.54, 1.807) is 47.1 Å². The molecule has 0 aromatic heterocycles. The van der Waals surface area contributed by atoms with Gasteiger partial charge in [-0.05, 0) is 51.5 Å². The second kappa shape index (κ2) is 10.7. The molecule has 0 saturated heterocycles. The van der Waals surface area contributed by atoms with Crippen LogP contribution in [0.15, 0.2) is 48.5 Å². The fourth-order valence-corrected chi connectivity index (χ4v) is 3.13. The molecule has 0 saturated carbocycles. The van der Waals surface area contributed by atoms with Crippen molar-refractivity contribution in [3.8, 4) is 11.5 Å². The van der Waals surface area contributed by atoms with Crippen molar-refractivity contribution in [3.05, 3.63) is 59.7 Å². The first-order valence-electron chi connectivity index (χ1n) is 10.2. The van der Waals surface area contributed by atoms with Crippen LogP contribution < -0.4 is 20.1 Å². The van der Waals surface area contributed by atoms with Gasteiger partial charge in [0.1, 0.15) is 17.1 Å². The van der Waals surface area contributed by atoms with Crippen molar-refractivity contribution in [1.29, 1.82) is 0 Å². The van der Waals surface area contributed by atoms with Gasteiger partial charge >= 0.3 is 6.09 Å². The summed E-state index contributed by atoms with van der Waals surface area (Å²) in [7, 11) is 3.16. The van der Waals surface area contributed by atoms with E-state index in [1.165, 1.54) is 0 Å². The molecular weight excluding hydrogens is 396 g/mol. The minimum Gasteiger partial charge on any atom is -0.497 e. The number of hydrogen-bond donors (Lipinski definition) is 2. The van der Waals surface area contributed by atoms with E-state index < -0.39 is 17.7 Å². The number of nitrogens with one attached hydrogen (secondary N) is 2. The Bertz CT molecular complexity index is 877. The number of methoxy groups -OCH3 is 2. The predicted molar refractivity (Wildman–Crippen MR) is 119 cm³/mol. The molecule has 31 heavy (non-hydrogen) atoms. The molecule has 2 rings (SSSR count). The SMILES string of the molecule is COc1ccc(OC)c([C@H](C)NC(=O)C[C@H](NC(=O)OC(C)(C)C)c2ccccc2)c1. The van der Waals surface area contributed by atoms with Gasteiger partial charge in [-0.3, -0.25) is 4.79 Å². The fraction of sp³-hybridized carbons (Fsp3) is 0.417. The molecule has 7 nitrogen and oxygen atoms in total. The number of amides is 2. The molecule has 2 atom stereocenters. The van der Waals surface area contributed by atoms with E-state index in [0.29, 0.717) is 11.5 Å². The highest BCUT2D eigenvalue weighted by Crippen LogP contribution is 2.29. The molecule has 2 aromatic carbocycles. The number of benzene rings is 2. The molecule has 0 aliphatic heterocycles. The third kappa shape index (κ3) is 7.51. The highest BCUT2D eigenvalue weighted by molar-refractivity contribution is 5.78. The Morgan fingerprint density at radius 1 is 0.968 bits per heavy atom. The van der Waals surface area contributed by atoms with Crippen LogP contribution in [0.2, 0.25) is 0 Å². The van der Waals surface area contributed by atoms with Crippen LogP contribution in [0.5, 0.6) is 11.5 Å². The summed E-state index contributed by atoms with van der Waals surface area (Å²) < 4.78 is 16.1. The second-order valence-corrected chi connectivity index (χ2v) is 8.21. The number of ether oxygens (including phenoxy) is 3. The van der Waals surface area contributed by atoms with E-state index in [1.807, 2.05) is 43.3 Å². The summed E-state index contributed by atoms with van der Waals surface area (Å²) in [5.74, 6) is 1.10. The first-order valence-corrected chi connectivity index (χ1v) is 10.2. The lowest BCUT2D eigenvalue weighted by Gasteiger charge is -2.24. The third-order valence-corrected chi connectivity index (χ3v) is 4.56. The molecule has 0 aliphatic carbocycles. The Morgan fingerprint density at radius 3 is 2.23 bits per heavy atom. The standard InChI is InChI=1S/C24H32N2O5/c1-16(19-14-18(29-5)12-13-21(19)30-6)25-22(27)15-20(17-10-8-7-9-11-17)26-23(28)31-24(2,3)4/h7-14,16,20H,15H2,1-6H3,(H,25,27)(H,26,28)/t16-,20-/m0/s1. The molecule has 0 spiro atoms. The topological polar surface area (TPSA) is 85.9 Å². The summed E-state index contributed by atoms with van der Waals surface area (Å²) in [6.45, 7) is 7.24. The summed E-state index contributed by atoms with van der Waals surface area (Å²) in [6.07, 6.45) is -0.517. The fourth-order valence-electron chi connectivity index (χ4n) is 3.13. The average Bonchev–Trinajstić information content (AvgIpc) is 2.71. The Morgan fingerprint density at radius 2 is 1.65 bits per heavy atom. The number of hydrogen-bond acceptors (Lipinski definition) is 5. The zero-order valence-corrected chi connectivity index (χ0v) is 19.0. The van der Waals surface area contributed by atoms with E-state index in [9.17, 15) is 9.59 Å². The van der Waals surface area contributed by atoms with Gasteiger partial charge in [-0.2, -0.15) is 0 Å². The summed E-state index contributed by atoms with van der Waals surface area (Å²) in [6, 6.07) is 13.9. The zero-order valence-electron chi connectivity index (χ0n) is 19.0. The van der Waals surface area contributed by atoms with Crippen molar-refractivity contribution < 1.29 is 23.8 Å². The molecule has 0 fully saturated rings. The Labute approximate surface area is 184 Å². The van der Waals surface area contributed by atoms with Crippen molar-refractivity contribution in [1.82, 2.24) is 10.6 Å². The van der Waals surface area contributed by atoms with Gasteiger partial charge in [0.05, 0.1) is 32.7 Å². The van der Waals surface area contributed by atoms with Gasteiger partial charge in [0, 0.05) is 5.56 Å². The molecule has 2 aromatic rings. The maximum absolute atomic E-state index is 12.9. The number of alkyl carbamates (subject to hydrolysis) is 1. The first kappa shape index (κ1) is 24.1. The molecule has 2 N–H and O–H groups in total. The molecule has 0 aliphatic rings. The van der Waals surface area contributed by atoms with E-state index in [2.05, 4.69) is 10.6 Å². The van der Waals surface area contributed by atoms with Crippen LogP contribution in [0, 0.1) is 0 Å². The van der Waals surface area contributed by atoms with E-state index >= 15 is 0 Å². The first-order chi connectivity index (χ1) is 14.6. The van der Waals surface area contributed by atoms with Gasteiger partial charge in [-0.25, -0.2) is 4.79 Å². The molecular formula is C24H32N2O5. The van der Waals surface area contributed by atoms with Crippen molar-refractivity contribution >= 4 is 12.0 Å². The van der Waals surface area contributed by atoms with E-state index in [-0.39, 0.29) is 18.4 Å². The van der Waals surface area contributed by atoms with Crippen LogP contribution in [-0.2, 0) is 9.53 Å². The van der Waals surface area contributed by atoms with Gasteiger partial charge in [-0.1, -0.05) is 30.3 Å². The quantitative estimate of drug-likeness (QED) is 0.645. The summed E-state index contributed by atoms with van der Waals surface area (Å²) >= 11 is 0. The van der Waals surface area contributed by atoms with Gasteiger partial charge in [0.15, 0.2) is 0 Å². The molecule has 0 heterocycles. The maximum Gasteiger partial charge on any atom is 0.408 e. The van der Waals surface area contributed by atoms with Crippen molar-refractivity contribution in [3.63, 3.8) is 0 Å². The summed E-state index contributed by atoms with van der Waals surface area (Å²) in [5.41, 5.74) is 0.979. The van der Waals surface area contributed by atoms with Crippen molar-refractivity contribution in [2.45, 2.75) is 51.8 Å². The van der Waals surface area contributed by atoms with Gasteiger partial charge in [0.25, 0.3) is 0 Å². The smallest absolute Gasteiger partial charge is 0.408 e. The highest BCUT2D eigenvalue weighted by atomic mass is 16.6. The largest absolute Gasteiger partial charge is 0.497 e. The molecule has 0 unspecified atom stereocenters. The van der Waals surface area contributed by atoms with Crippen molar-refractivity contribution in [2.24, 2.45) is 0 Å². The average molecular weight is 429 g/mol. The number of rotatable bonds is 8. The third-order valence-electron chi connectivity index (χ3n) is 4.56. The van der Waals surface area contributed by atoms with Crippen LogP contribution in [-0.4, -0.2) is 31.8 Å². The Balaban J connectivity index is 2.14. The highest BCUT2D eigenvalue weighted by Gasteiger charge is 2.24. The van der Waals surface area contributed by atoms with E-state index in [4.69, 9.17) is 14.2 Å². The number of carbonyl (C=O) groups is 2. The number of carbonyl (C=O) groups excluding carboxylic acids is 2. The zero-order chi connectivity index (χ0) is 23.0. The van der Waals surface area contributed by atoms with E-state index in [0.717, 1.165) is 11.1 Å². The second-order valence-electron chi connectivity index (χ2n) is 8.21. The minimum atomic E-state index is -0.634. The molecule has 168 valence electrons. The molecule has 0 radical (unpaired) electrons. The van der Waals surface area contributed by atoms with Crippen LogP contribution >= 0.6 is 0 Å². The van der Waals surface area contributed by atoms with Crippen LogP contribution in [0.3, 0.4) is 0 Å².